The summed E-state index contributed by atoms with van der Waals surface area (Å²) in [6.45, 7) is 4.85. The van der Waals surface area contributed by atoms with E-state index in [4.69, 9.17) is 0 Å². The predicted octanol–water partition coefficient (Wildman–Crippen LogP) is 0.803. The van der Waals surface area contributed by atoms with Gasteiger partial charge in [-0.2, -0.15) is 0 Å². The van der Waals surface area contributed by atoms with Gasteiger partial charge in [0.25, 0.3) is 0 Å². The average Bonchev–Trinajstić information content (AvgIpc) is 2.37. The molecule has 1 saturated heterocycles. The number of nitrogens with zero attached hydrogens (tertiary/aromatic N) is 2. The molecule has 0 aliphatic carbocycles. The van der Waals surface area contributed by atoms with Crippen molar-refractivity contribution < 1.29 is 14.7 Å². The molecule has 1 aromatic heterocycles. The summed E-state index contributed by atoms with van der Waals surface area (Å²) < 4.78 is 0. The van der Waals surface area contributed by atoms with E-state index in [1.54, 1.807) is 13.0 Å². The van der Waals surface area contributed by atoms with Gasteiger partial charge in [0, 0.05) is 25.0 Å². The number of aryl methyl sites for hydroxylation is 1. The first-order valence-electron chi connectivity index (χ1n) is 6.29. The smallest absolute Gasteiger partial charge is 0.339 e. The third-order valence-electron chi connectivity index (χ3n) is 3.28. The summed E-state index contributed by atoms with van der Waals surface area (Å²) in [5.41, 5.74) is 1.45. The lowest BCUT2D eigenvalue weighted by Crippen LogP contribution is -2.55. The van der Waals surface area contributed by atoms with E-state index in [9.17, 15) is 14.7 Å². The van der Waals surface area contributed by atoms with Crippen LogP contribution in [0.4, 0.5) is 5.69 Å². The lowest BCUT2D eigenvalue weighted by Gasteiger charge is -2.37. The number of hydrogen-bond donors (Lipinski definition) is 2. The molecule has 19 heavy (non-hydrogen) atoms. The molecule has 6 nitrogen and oxygen atoms in total. The Hall–Kier alpha value is -2.11. The number of carbonyl (C=O) groups excluding carboxylic acids is 1. The molecular weight excluding hydrogens is 246 g/mol. The number of nitrogens with one attached hydrogen (secondary N) is 1. The maximum absolute atomic E-state index is 11.9. The van der Waals surface area contributed by atoms with Crippen LogP contribution in [-0.2, 0) is 4.79 Å². The summed E-state index contributed by atoms with van der Waals surface area (Å²) in [4.78, 5) is 29.0. The van der Waals surface area contributed by atoms with E-state index in [1.807, 2.05) is 11.8 Å². The molecule has 6 heteroatoms. The number of aromatic nitrogens is 1. The molecule has 0 aromatic carbocycles. The molecule has 102 valence electrons. The van der Waals surface area contributed by atoms with Crippen LogP contribution < -0.4 is 10.2 Å². The molecule has 1 unspecified atom stereocenters. The monoisotopic (exact) mass is 263 g/mol. The van der Waals surface area contributed by atoms with Crippen LogP contribution in [0.2, 0.25) is 0 Å². The van der Waals surface area contributed by atoms with E-state index in [-0.39, 0.29) is 17.5 Å². The highest BCUT2D eigenvalue weighted by Gasteiger charge is 2.30. The number of amides is 1. The van der Waals surface area contributed by atoms with Crippen LogP contribution in [0.1, 0.15) is 29.4 Å². The Morgan fingerprint density at radius 1 is 1.63 bits per heavy atom. The van der Waals surface area contributed by atoms with Gasteiger partial charge in [-0.15, -0.1) is 0 Å². The van der Waals surface area contributed by atoms with E-state index in [2.05, 4.69) is 10.3 Å². The van der Waals surface area contributed by atoms with E-state index < -0.39 is 5.97 Å². The Morgan fingerprint density at radius 2 is 2.37 bits per heavy atom. The van der Waals surface area contributed by atoms with Crippen molar-refractivity contribution in [1.29, 1.82) is 0 Å². The number of pyridine rings is 1. The first kappa shape index (κ1) is 13.3. The number of anilines is 1. The van der Waals surface area contributed by atoms with Crippen LogP contribution in [0.5, 0.6) is 0 Å². The van der Waals surface area contributed by atoms with Gasteiger partial charge in [-0.3, -0.25) is 9.78 Å². The number of aromatic carboxylic acids is 1. The van der Waals surface area contributed by atoms with E-state index in [1.165, 1.54) is 6.20 Å². The number of piperazine rings is 1. The molecule has 1 atom stereocenters. The Balaban J connectivity index is 2.46. The van der Waals surface area contributed by atoms with Gasteiger partial charge < -0.3 is 15.3 Å². The number of carbonyl (C=O) groups is 2. The zero-order valence-electron chi connectivity index (χ0n) is 11.0. The van der Waals surface area contributed by atoms with Crippen LogP contribution >= 0.6 is 0 Å². The summed E-state index contributed by atoms with van der Waals surface area (Å²) in [6.07, 6.45) is 1.98. The van der Waals surface area contributed by atoms with Gasteiger partial charge in [-0.05, 0) is 19.4 Å². The fourth-order valence-corrected chi connectivity index (χ4v) is 2.36. The largest absolute Gasteiger partial charge is 0.478 e. The van der Waals surface area contributed by atoms with Gasteiger partial charge in [0.05, 0.1) is 5.69 Å². The maximum atomic E-state index is 11.9. The second-order valence-corrected chi connectivity index (χ2v) is 4.56. The lowest BCUT2D eigenvalue weighted by atomic mass is 10.1. The molecule has 2 N–H and O–H groups in total. The van der Waals surface area contributed by atoms with E-state index >= 15 is 0 Å². The summed E-state index contributed by atoms with van der Waals surface area (Å²) >= 11 is 0. The molecule has 1 aliphatic heterocycles. The predicted molar refractivity (Wildman–Crippen MR) is 70.4 cm³/mol. The Morgan fingerprint density at radius 3 is 3.00 bits per heavy atom. The van der Waals surface area contributed by atoms with Crippen LogP contribution in [0.25, 0.3) is 0 Å². The zero-order valence-corrected chi connectivity index (χ0v) is 11.0. The van der Waals surface area contributed by atoms with Crippen molar-refractivity contribution in [1.82, 2.24) is 10.3 Å². The van der Waals surface area contributed by atoms with Gasteiger partial charge in [-0.25, -0.2) is 4.79 Å². The number of rotatable bonds is 3. The van der Waals surface area contributed by atoms with E-state index in [0.29, 0.717) is 25.2 Å². The highest BCUT2D eigenvalue weighted by Crippen LogP contribution is 2.25. The summed E-state index contributed by atoms with van der Waals surface area (Å²) in [6, 6.07) is 1.40. The molecule has 0 bridgehead atoms. The molecule has 0 spiro atoms. The fraction of sp³-hybridized carbons (Fsp3) is 0.462. The van der Waals surface area contributed by atoms with Crippen LogP contribution in [0.15, 0.2) is 12.3 Å². The molecular formula is C13H17N3O3. The molecule has 0 saturated carbocycles. The fourth-order valence-electron chi connectivity index (χ4n) is 2.36. The lowest BCUT2D eigenvalue weighted by molar-refractivity contribution is -0.123. The van der Waals surface area contributed by atoms with Crippen LogP contribution in [0, 0.1) is 6.92 Å². The normalized spacial score (nSPS) is 19.2. The van der Waals surface area contributed by atoms with Gasteiger partial charge in [0.1, 0.15) is 11.6 Å². The molecule has 2 heterocycles. The van der Waals surface area contributed by atoms with Gasteiger partial charge in [0.15, 0.2) is 0 Å². The third kappa shape index (κ3) is 2.52. The number of hydrogen-bond acceptors (Lipinski definition) is 4. The van der Waals surface area contributed by atoms with Crippen molar-refractivity contribution in [3.05, 3.63) is 23.5 Å². The minimum absolute atomic E-state index is 0.0560. The standard InChI is InChI=1S/C13H17N3O3/c1-3-10-12(17)14-4-5-16(10)11-6-8(2)15-7-9(11)13(18)19/h6-7,10H,3-5H2,1-2H3,(H,14,17)(H,18,19). The zero-order chi connectivity index (χ0) is 14.0. The molecule has 1 fully saturated rings. The first-order chi connectivity index (χ1) is 9.04. The molecule has 2 rings (SSSR count). The van der Waals surface area contributed by atoms with Crippen molar-refractivity contribution in [3.63, 3.8) is 0 Å². The Labute approximate surface area is 111 Å². The minimum atomic E-state index is -1.02. The van der Waals surface area contributed by atoms with Crippen LogP contribution in [-0.4, -0.2) is 41.1 Å². The van der Waals surface area contributed by atoms with Gasteiger partial charge in [-0.1, -0.05) is 6.92 Å². The van der Waals surface area contributed by atoms with E-state index in [0.717, 1.165) is 5.69 Å². The van der Waals surface area contributed by atoms with Crippen LogP contribution in [0.3, 0.4) is 0 Å². The molecule has 1 amide bonds. The number of carboxylic acids is 1. The molecule has 1 aromatic rings. The van der Waals surface area contributed by atoms with Crippen molar-refractivity contribution in [3.8, 4) is 0 Å². The van der Waals surface area contributed by atoms with Crippen molar-refractivity contribution in [2.24, 2.45) is 0 Å². The third-order valence-corrected chi connectivity index (χ3v) is 3.28. The number of carboxylic acid groups (broad SMARTS) is 1. The maximum Gasteiger partial charge on any atom is 0.339 e. The second-order valence-electron chi connectivity index (χ2n) is 4.56. The van der Waals surface area contributed by atoms with Gasteiger partial charge in [0.2, 0.25) is 5.91 Å². The second kappa shape index (κ2) is 5.26. The SMILES string of the molecule is CCC1C(=O)NCCN1c1cc(C)ncc1C(=O)O. The Bertz CT molecular complexity index is 516. The Kier molecular flexibility index (Phi) is 3.69. The summed E-state index contributed by atoms with van der Waals surface area (Å²) in [7, 11) is 0. The molecule has 1 aliphatic rings. The summed E-state index contributed by atoms with van der Waals surface area (Å²) in [5.74, 6) is -1.08. The minimum Gasteiger partial charge on any atom is -0.478 e. The van der Waals surface area contributed by atoms with Crippen molar-refractivity contribution in [2.75, 3.05) is 18.0 Å². The van der Waals surface area contributed by atoms with Crippen molar-refractivity contribution >= 4 is 17.6 Å². The topological polar surface area (TPSA) is 82.5 Å². The quantitative estimate of drug-likeness (QED) is 0.843. The summed E-state index contributed by atoms with van der Waals surface area (Å²) in [5, 5.41) is 12.0. The average molecular weight is 263 g/mol. The first-order valence-corrected chi connectivity index (χ1v) is 6.29. The van der Waals surface area contributed by atoms with Crippen molar-refractivity contribution in [2.45, 2.75) is 26.3 Å². The molecule has 0 radical (unpaired) electrons. The highest BCUT2D eigenvalue weighted by atomic mass is 16.4. The van der Waals surface area contributed by atoms with Gasteiger partial charge >= 0.3 is 5.97 Å². The highest BCUT2D eigenvalue weighted by molar-refractivity contribution is 5.96.